The molecule has 0 aliphatic rings. The highest BCUT2D eigenvalue weighted by Crippen LogP contribution is 2.28. The number of hydrogen-bond donors (Lipinski definition) is 1. The molecule has 1 N–H and O–H groups in total. The molecule has 0 saturated carbocycles. The second-order valence-electron chi connectivity index (χ2n) is 3.53. The van der Waals surface area contributed by atoms with Crippen LogP contribution >= 0.6 is 11.8 Å². The third-order valence-corrected chi connectivity index (χ3v) is 3.26. The minimum Gasteiger partial charge on any atom is -0.378 e. The Bertz CT molecular complexity index is 482. The van der Waals surface area contributed by atoms with Crippen LogP contribution in [0.3, 0.4) is 0 Å². The van der Waals surface area contributed by atoms with Gasteiger partial charge in [0.15, 0.2) is 0 Å². The predicted octanol–water partition coefficient (Wildman–Crippen LogP) is 3.25. The molecule has 0 radical (unpaired) electrons. The second kappa shape index (κ2) is 5.66. The van der Waals surface area contributed by atoms with Crippen LogP contribution in [0.1, 0.15) is 21.4 Å². The quantitative estimate of drug-likeness (QED) is 0.842. The first-order valence-electron chi connectivity index (χ1n) is 5.26. The van der Waals surface area contributed by atoms with E-state index in [0.717, 1.165) is 17.3 Å². The zero-order chi connectivity index (χ0) is 12.1. The van der Waals surface area contributed by atoms with E-state index in [0.29, 0.717) is 5.56 Å². The topological polar surface area (TPSA) is 37.3 Å². The molecule has 0 fully saturated rings. The van der Waals surface area contributed by atoms with E-state index in [4.69, 9.17) is 0 Å². The monoisotopic (exact) mass is 244 g/mol. The summed E-state index contributed by atoms with van der Waals surface area (Å²) in [6, 6.07) is 18.1. The van der Waals surface area contributed by atoms with E-state index in [1.807, 2.05) is 36.4 Å². The van der Waals surface area contributed by atoms with Crippen molar-refractivity contribution >= 4 is 16.9 Å². The number of carbonyl (C=O) groups excluding carboxylic acids is 1. The maximum atomic E-state index is 11.8. The van der Waals surface area contributed by atoms with E-state index in [1.165, 1.54) is 0 Å². The number of hydrogen-bond acceptors (Lipinski definition) is 3. The Morgan fingerprint density at radius 3 is 2.06 bits per heavy atom. The highest BCUT2D eigenvalue weighted by atomic mass is 32.2. The summed E-state index contributed by atoms with van der Waals surface area (Å²) >= 11 is 0.922. The van der Waals surface area contributed by atoms with Crippen LogP contribution in [0.25, 0.3) is 0 Å². The van der Waals surface area contributed by atoms with Gasteiger partial charge in [0.05, 0.1) is 0 Å². The van der Waals surface area contributed by atoms with Crippen molar-refractivity contribution < 1.29 is 9.90 Å². The van der Waals surface area contributed by atoms with E-state index in [2.05, 4.69) is 0 Å². The molecular weight excluding hydrogens is 232 g/mol. The van der Waals surface area contributed by atoms with Gasteiger partial charge in [0.25, 0.3) is 0 Å². The molecule has 2 aromatic carbocycles. The first-order valence-corrected chi connectivity index (χ1v) is 6.14. The minimum atomic E-state index is -0.816. The second-order valence-corrected chi connectivity index (χ2v) is 4.59. The number of thioether (sulfide) groups is 1. The lowest BCUT2D eigenvalue weighted by Crippen LogP contribution is -1.99. The average molecular weight is 244 g/mol. The summed E-state index contributed by atoms with van der Waals surface area (Å²) in [6.07, 6.45) is 0. The van der Waals surface area contributed by atoms with Gasteiger partial charge in [-0.15, -0.1) is 0 Å². The Morgan fingerprint density at radius 1 is 0.941 bits per heavy atom. The molecule has 2 aromatic rings. The maximum absolute atomic E-state index is 11.8. The van der Waals surface area contributed by atoms with Crippen LogP contribution < -0.4 is 0 Å². The van der Waals surface area contributed by atoms with E-state index < -0.39 is 5.44 Å². The Balaban J connectivity index is 2.05. The summed E-state index contributed by atoms with van der Waals surface area (Å²) in [4.78, 5) is 11.8. The number of aliphatic hydroxyl groups excluding tert-OH is 1. The standard InChI is InChI=1S/C14H12O2S/c15-13(11-7-3-1-4-8-11)17-14(16)12-9-5-2-6-10-12/h1-10,13,15H. The van der Waals surface area contributed by atoms with Crippen molar-refractivity contribution in [3.63, 3.8) is 0 Å². The summed E-state index contributed by atoms with van der Waals surface area (Å²) in [6.45, 7) is 0. The molecule has 0 aliphatic carbocycles. The van der Waals surface area contributed by atoms with Crippen LogP contribution in [-0.4, -0.2) is 10.2 Å². The van der Waals surface area contributed by atoms with Gasteiger partial charge < -0.3 is 5.11 Å². The molecule has 17 heavy (non-hydrogen) atoms. The third kappa shape index (κ3) is 3.19. The third-order valence-electron chi connectivity index (χ3n) is 2.31. The fourth-order valence-corrected chi connectivity index (χ4v) is 2.20. The van der Waals surface area contributed by atoms with Crippen molar-refractivity contribution in [1.82, 2.24) is 0 Å². The fraction of sp³-hybridized carbons (Fsp3) is 0.0714. The zero-order valence-corrected chi connectivity index (χ0v) is 9.93. The highest BCUT2D eigenvalue weighted by molar-refractivity contribution is 8.14. The van der Waals surface area contributed by atoms with Gasteiger partial charge in [-0.25, -0.2) is 0 Å². The highest BCUT2D eigenvalue weighted by Gasteiger charge is 2.14. The predicted molar refractivity (Wildman–Crippen MR) is 69.8 cm³/mol. The number of benzene rings is 2. The normalized spacial score (nSPS) is 12.1. The summed E-state index contributed by atoms with van der Waals surface area (Å²) in [5, 5.41) is 9.77. The van der Waals surface area contributed by atoms with Crippen molar-refractivity contribution in [3.8, 4) is 0 Å². The first-order chi connectivity index (χ1) is 8.27. The van der Waals surface area contributed by atoms with Gasteiger partial charge in [0.2, 0.25) is 5.12 Å². The number of aliphatic hydroxyl groups is 1. The van der Waals surface area contributed by atoms with E-state index >= 15 is 0 Å². The zero-order valence-electron chi connectivity index (χ0n) is 9.11. The Hall–Kier alpha value is -1.58. The molecule has 0 saturated heterocycles. The van der Waals surface area contributed by atoms with Crippen molar-refractivity contribution in [2.75, 3.05) is 0 Å². The molecular formula is C14H12O2S. The van der Waals surface area contributed by atoms with Gasteiger partial charge in [-0.1, -0.05) is 60.7 Å². The maximum Gasteiger partial charge on any atom is 0.222 e. The fourth-order valence-electron chi connectivity index (χ4n) is 1.43. The van der Waals surface area contributed by atoms with Gasteiger partial charge in [0, 0.05) is 5.56 Å². The molecule has 1 atom stereocenters. The average Bonchev–Trinajstić information content (AvgIpc) is 2.40. The lowest BCUT2D eigenvalue weighted by molar-refractivity contribution is 0.108. The van der Waals surface area contributed by atoms with Crippen LogP contribution in [0.4, 0.5) is 0 Å². The molecule has 3 heteroatoms. The number of carbonyl (C=O) groups is 1. The SMILES string of the molecule is O=C(SC(O)c1ccccc1)c1ccccc1. The number of rotatable bonds is 3. The molecule has 0 heterocycles. The summed E-state index contributed by atoms with van der Waals surface area (Å²) in [7, 11) is 0. The van der Waals surface area contributed by atoms with Crippen LogP contribution in [0, 0.1) is 0 Å². The van der Waals surface area contributed by atoms with Gasteiger partial charge in [-0.2, -0.15) is 0 Å². The molecule has 0 aromatic heterocycles. The lowest BCUT2D eigenvalue weighted by Gasteiger charge is -2.09. The summed E-state index contributed by atoms with van der Waals surface area (Å²) in [5.41, 5.74) is 0.526. The Labute approximate surface area is 104 Å². The van der Waals surface area contributed by atoms with Crippen molar-refractivity contribution in [1.29, 1.82) is 0 Å². The van der Waals surface area contributed by atoms with Gasteiger partial charge in [-0.3, -0.25) is 4.79 Å². The Kier molecular flexibility index (Phi) is 3.96. The van der Waals surface area contributed by atoms with Crippen LogP contribution in [-0.2, 0) is 0 Å². The van der Waals surface area contributed by atoms with Gasteiger partial charge in [-0.05, 0) is 17.3 Å². The van der Waals surface area contributed by atoms with Crippen molar-refractivity contribution in [2.24, 2.45) is 0 Å². The molecule has 0 bridgehead atoms. The summed E-state index contributed by atoms with van der Waals surface area (Å²) in [5.74, 6) is 0. The van der Waals surface area contributed by atoms with Crippen molar-refractivity contribution in [3.05, 3.63) is 71.8 Å². The molecule has 86 valence electrons. The largest absolute Gasteiger partial charge is 0.378 e. The van der Waals surface area contributed by atoms with E-state index in [9.17, 15) is 9.90 Å². The molecule has 0 spiro atoms. The molecule has 2 rings (SSSR count). The minimum absolute atomic E-state index is 0.123. The lowest BCUT2D eigenvalue weighted by atomic mass is 10.2. The summed E-state index contributed by atoms with van der Waals surface area (Å²) < 4.78 is 0. The van der Waals surface area contributed by atoms with Crippen molar-refractivity contribution in [2.45, 2.75) is 5.44 Å². The van der Waals surface area contributed by atoms with Crippen LogP contribution in [0.2, 0.25) is 0 Å². The Morgan fingerprint density at radius 2 is 1.47 bits per heavy atom. The van der Waals surface area contributed by atoms with Gasteiger partial charge in [0.1, 0.15) is 5.44 Å². The molecule has 0 amide bonds. The van der Waals surface area contributed by atoms with Gasteiger partial charge >= 0.3 is 0 Å². The molecule has 0 aliphatic heterocycles. The first kappa shape index (κ1) is 11.9. The smallest absolute Gasteiger partial charge is 0.222 e. The van der Waals surface area contributed by atoms with Crippen LogP contribution in [0.15, 0.2) is 60.7 Å². The molecule has 1 unspecified atom stereocenters. The van der Waals surface area contributed by atoms with E-state index in [1.54, 1.807) is 24.3 Å². The molecule has 2 nitrogen and oxygen atoms in total. The van der Waals surface area contributed by atoms with Crippen LogP contribution in [0.5, 0.6) is 0 Å². The van der Waals surface area contributed by atoms with E-state index in [-0.39, 0.29) is 5.12 Å².